The van der Waals surface area contributed by atoms with E-state index in [1.54, 1.807) is 6.08 Å². The average molecular weight is 314 g/mol. The predicted molar refractivity (Wildman–Crippen MR) is 89.9 cm³/mol. The molecule has 0 aromatic heterocycles. The molecule has 0 saturated heterocycles. The summed E-state index contributed by atoms with van der Waals surface area (Å²) in [5, 5.41) is 10.7. The molecular formula is C20H26O3. The number of Topliss-reactive ketones (excluding diaryl/α,β-unsaturated/α-hetero) is 1. The number of carbonyl (C=O) groups excluding carboxylic acids is 2. The lowest BCUT2D eigenvalue weighted by molar-refractivity contribution is -0.130. The van der Waals surface area contributed by atoms with E-state index in [2.05, 4.69) is 20.8 Å². The lowest BCUT2D eigenvalue weighted by Crippen LogP contribution is -2.50. The van der Waals surface area contributed by atoms with Crippen molar-refractivity contribution in [1.29, 1.82) is 0 Å². The van der Waals surface area contributed by atoms with Gasteiger partial charge in [0.05, 0.1) is 0 Å². The second-order valence-electron chi connectivity index (χ2n) is 8.50. The number of aliphatic hydroxyl groups excluding tert-OH is 1. The summed E-state index contributed by atoms with van der Waals surface area (Å²) in [6.07, 6.45) is 6.31. The van der Waals surface area contributed by atoms with Crippen LogP contribution in [-0.4, -0.2) is 16.7 Å². The Hall–Kier alpha value is -1.64. The van der Waals surface area contributed by atoms with Crippen LogP contribution in [0.4, 0.5) is 0 Å². The highest BCUT2D eigenvalue weighted by atomic mass is 16.3. The van der Waals surface area contributed by atoms with Crippen molar-refractivity contribution in [3.05, 3.63) is 34.6 Å². The quantitative estimate of drug-likeness (QED) is 0.785. The van der Waals surface area contributed by atoms with E-state index in [0.29, 0.717) is 11.1 Å². The van der Waals surface area contributed by atoms with Crippen LogP contribution in [0, 0.1) is 22.7 Å². The Labute approximate surface area is 138 Å². The van der Waals surface area contributed by atoms with Crippen molar-refractivity contribution in [2.24, 2.45) is 22.7 Å². The van der Waals surface area contributed by atoms with E-state index in [9.17, 15) is 14.7 Å². The van der Waals surface area contributed by atoms with Crippen molar-refractivity contribution in [2.75, 3.05) is 0 Å². The normalized spacial score (nSPS) is 33.2. The number of fused-ring (bicyclic) bond motifs is 3. The monoisotopic (exact) mass is 314 g/mol. The van der Waals surface area contributed by atoms with Gasteiger partial charge >= 0.3 is 0 Å². The van der Waals surface area contributed by atoms with Crippen LogP contribution >= 0.6 is 0 Å². The predicted octanol–water partition coefficient (Wildman–Crippen LogP) is 4.31. The van der Waals surface area contributed by atoms with Gasteiger partial charge < -0.3 is 5.11 Å². The van der Waals surface area contributed by atoms with Crippen molar-refractivity contribution >= 4 is 11.6 Å². The minimum atomic E-state index is -0.457. The van der Waals surface area contributed by atoms with Crippen LogP contribution in [0.5, 0.6) is 0 Å². The van der Waals surface area contributed by atoms with Gasteiger partial charge in [0.2, 0.25) is 5.78 Å². The Morgan fingerprint density at radius 1 is 1.13 bits per heavy atom. The van der Waals surface area contributed by atoms with Crippen LogP contribution in [0.25, 0.3) is 0 Å². The number of hydrogen-bond donors (Lipinski definition) is 1. The molecule has 0 aromatic rings. The molecule has 1 saturated carbocycles. The molecule has 3 heteroatoms. The Kier molecular flexibility index (Phi) is 3.48. The first-order chi connectivity index (χ1) is 10.6. The van der Waals surface area contributed by atoms with Gasteiger partial charge in [0, 0.05) is 22.5 Å². The van der Waals surface area contributed by atoms with E-state index in [1.807, 2.05) is 19.9 Å². The molecule has 3 aliphatic carbocycles. The van der Waals surface area contributed by atoms with Crippen LogP contribution in [0.1, 0.15) is 53.9 Å². The Morgan fingerprint density at radius 2 is 1.78 bits per heavy atom. The molecule has 0 spiro atoms. The molecule has 0 unspecified atom stereocenters. The first-order valence-corrected chi connectivity index (χ1v) is 8.55. The highest BCUT2D eigenvalue weighted by Crippen LogP contribution is 2.59. The zero-order valence-electron chi connectivity index (χ0n) is 14.7. The van der Waals surface area contributed by atoms with Gasteiger partial charge in [-0.25, -0.2) is 0 Å². The van der Waals surface area contributed by atoms with Gasteiger partial charge in [0.15, 0.2) is 11.5 Å². The second-order valence-corrected chi connectivity index (χ2v) is 8.50. The zero-order valence-corrected chi connectivity index (χ0v) is 14.7. The molecule has 0 radical (unpaired) electrons. The van der Waals surface area contributed by atoms with Crippen molar-refractivity contribution < 1.29 is 14.7 Å². The molecule has 124 valence electrons. The number of hydrogen-bond acceptors (Lipinski definition) is 3. The minimum Gasteiger partial charge on any atom is -0.504 e. The Morgan fingerprint density at radius 3 is 2.39 bits per heavy atom. The first-order valence-electron chi connectivity index (χ1n) is 8.55. The highest BCUT2D eigenvalue weighted by molar-refractivity contribution is 6.11. The Balaban J connectivity index is 2.24. The molecule has 3 aliphatic rings. The fraction of sp³-hybridized carbons (Fsp3) is 0.600. The van der Waals surface area contributed by atoms with Gasteiger partial charge in [-0.15, -0.1) is 0 Å². The molecule has 2 atom stereocenters. The van der Waals surface area contributed by atoms with Gasteiger partial charge in [-0.2, -0.15) is 0 Å². The lowest BCUT2D eigenvalue weighted by atomic mass is 9.49. The average Bonchev–Trinajstić information content (AvgIpc) is 2.40. The van der Waals surface area contributed by atoms with E-state index in [4.69, 9.17) is 0 Å². The summed E-state index contributed by atoms with van der Waals surface area (Å²) >= 11 is 0. The van der Waals surface area contributed by atoms with Crippen LogP contribution in [0.3, 0.4) is 0 Å². The third-order valence-corrected chi connectivity index (χ3v) is 6.02. The van der Waals surface area contributed by atoms with Crippen LogP contribution in [0.15, 0.2) is 34.6 Å². The van der Waals surface area contributed by atoms with E-state index in [0.717, 1.165) is 24.8 Å². The number of rotatable bonds is 1. The lowest BCUT2D eigenvalue weighted by Gasteiger charge is -2.53. The van der Waals surface area contributed by atoms with Crippen molar-refractivity contribution in [3.8, 4) is 0 Å². The molecule has 3 nitrogen and oxygen atoms in total. The summed E-state index contributed by atoms with van der Waals surface area (Å²) in [6, 6.07) is 0. The number of ketones is 2. The van der Waals surface area contributed by atoms with Crippen LogP contribution in [-0.2, 0) is 9.59 Å². The van der Waals surface area contributed by atoms with Crippen molar-refractivity contribution in [1.82, 2.24) is 0 Å². The zero-order chi connectivity index (χ0) is 17.2. The van der Waals surface area contributed by atoms with E-state index in [1.165, 1.54) is 0 Å². The Bertz CT molecular complexity index is 688. The molecular weight excluding hydrogens is 288 g/mol. The third kappa shape index (κ3) is 2.16. The first kappa shape index (κ1) is 16.2. The van der Waals surface area contributed by atoms with Crippen molar-refractivity contribution in [2.45, 2.75) is 53.9 Å². The van der Waals surface area contributed by atoms with E-state index < -0.39 is 5.41 Å². The fourth-order valence-electron chi connectivity index (χ4n) is 5.10. The molecule has 23 heavy (non-hydrogen) atoms. The fourth-order valence-corrected chi connectivity index (χ4v) is 5.10. The van der Waals surface area contributed by atoms with Crippen LogP contribution < -0.4 is 0 Å². The summed E-state index contributed by atoms with van der Waals surface area (Å²) in [4.78, 5) is 25.5. The van der Waals surface area contributed by atoms with Gasteiger partial charge in [-0.3, -0.25) is 9.59 Å². The molecule has 1 N–H and O–H groups in total. The summed E-state index contributed by atoms with van der Waals surface area (Å²) in [6.45, 7) is 10.2. The molecule has 0 aromatic carbocycles. The molecule has 0 heterocycles. The molecule has 1 fully saturated rings. The molecule has 0 aliphatic heterocycles. The topological polar surface area (TPSA) is 54.4 Å². The highest BCUT2D eigenvalue weighted by Gasteiger charge is 2.56. The molecule has 0 bridgehead atoms. The van der Waals surface area contributed by atoms with E-state index >= 15 is 0 Å². The largest absolute Gasteiger partial charge is 0.504 e. The summed E-state index contributed by atoms with van der Waals surface area (Å²) in [5.74, 6) is -0.426. The maximum atomic E-state index is 12.9. The molecule has 3 rings (SSSR count). The van der Waals surface area contributed by atoms with Gasteiger partial charge in [0.25, 0.3) is 0 Å². The van der Waals surface area contributed by atoms with E-state index in [-0.39, 0.29) is 34.6 Å². The number of allylic oxidation sites excluding steroid dienone is 5. The van der Waals surface area contributed by atoms with Gasteiger partial charge in [-0.05, 0) is 41.9 Å². The number of aliphatic hydroxyl groups is 1. The summed E-state index contributed by atoms with van der Waals surface area (Å²) in [7, 11) is 0. The van der Waals surface area contributed by atoms with Crippen molar-refractivity contribution in [3.63, 3.8) is 0 Å². The van der Waals surface area contributed by atoms with Gasteiger partial charge in [-0.1, -0.05) is 41.0 Å². The summed E-state index contributed by atoms with van der Waals surface area (Å²) < 4.78 is 0. The smallest absolute Gasteiger partial charge is 0.223 e. The third-order valence-electron chi connectivity index (χ3n) is 6.02. The number of carbonyl (C=O) groups is 2. The standard InChI is InChI=1S/C20H26O3/c1-11(2)13-9-12-10-14(21)18-19(3,4)7-6-8-20(18,5)15(12)17(23)16(13)22/h9-11,18,23H,6-8H2,1-5H3/t18-,20+/m0/s1. The second kappa shape index (κ2) is 4.93. The minimum absolute atomic E-state index is 0.0236. The van der Waals surface area contributed by atoms with Gasteiger partial charge in [0.1, 0.15) is 0 Å². The van der Waals surface area contributed by atoms with Crippen LogP contribution in [0.2, 0.25) is 0 Å². The maximum absolute atomic E-state index is 12.9. The summed E-state index contributed by atoms with van der Waals surface area (Å²) in [5.41, 5.74) is 1.45. The SMILES string of the molecule is CC(C)C1=CC2=CC(=O)[C@H]3C(C)(C)CCC[C@]3(C)C2=C(O)C1=O. The molecule has 0 amide bonds. The maximum Gasteiger partial charge on any atom is 0.223 e.